The first-order valence-corrected chi connectivity index (χ1v) is 7.66. The molecule has 0 saturated carbocycles. The van der Waals surface area contributed by atoms with Crippen molar-refractivity contribution in [3.05, 3.63) is 96.3 Å². The minimum Gasteiger partial charge on any atom is -1.00 e. The van der Waals surface area contributed by atoms with Crippen molar-refractivity contribution in [1.82, 2.24) is 0 Å². The third-order valence-electron chi connectivity index (χ3n) is 3.57. The molecular formula is C20H17BrN2O2. The van der Waals surface area contributed by atoms with Gasteiger partial charge in [-0.15, -0.1) is 0 Å². The number of carbonyl (C=O) groups excluding carboxylic acids is 2. The summed E-state index contributed by atoms with van der Waals surface area (Å²) < 4.78 is 1.72. The Morgan fingerprint density at radius 3 is 2.08 bits per heavy atom. The van der Waals surface area contributed by atoms with E-state index in [1.807, 2.05) is 48.5 Å². The largest absolute Gasteiger partial charge is 1.00 e. The Kier molecular flexibility index (Phi) is 6.60. The van der Waals surface area contributed by atoms with Crippen molar-refractivity contribution < 1.29 is 31.1 Å². The molecule has 1 aromatic heterocycles. The Labute approximate surface area is 156 Å². The maximum Gasteiger partial charge on any atom is 0.261 e. The first-order valence-electron chi connectivity index (χ1n) is 7.66. The van der Waals surface area contributed by atoms with Gasteiger partial charge < -0.3 is 22.3 Å². The Morgan fingerprint density at radius 1 is 0.800 bits per heavy atom. The zero-order valence-electron chi connectivity index (χ0n) is 13.4. The number of anilines is 1. The fourth-order valence-electron chi connectivity index (χ4n) is 2.36. The number of carbonyl (C=O) groups is 2. The van der Waals surface area contributed by atoms with Crippen LogP contribution in [0.1, 0.15) is 20.7 Å². The van der Waals surface area contributed by atoms with Crippen molar-refractivity contribution in [2.45, 2.75) is 6.54 Å². The van der Waals surface area contributed by atoms with E-state index in [1.165, 1.54) is 0 Å². The van der Waals surface area contributed by atoms with Crippen LogP contribution in [0.4, 0.5) is 5.69 Å². The molecule has 1 heterocycles. The number of para-hydroxylation sites is 1. The number of hydrogen-bond donors (Lipinski definition) is 1. The smallest absolute Gasteiger partial charge is 0.261 e. The number of ketones is 1. The molecule has 3 rings (SSSR count). The number of aromatic nitrogens is 1. The molecule has 5 heteroatoms. The highest BCUT2D eigenvalue weighted by Crippen LogP contribution is 2.07. The molecule has 25 heavy (non-hydrogen) atoms. The number of Topliss-reactive ketones (excluding diaryl/α,β-unsaturated/α-hetero) is 1. The molecule has 0 aliphatic rings. The predicted octanol–water partition coefficient (Wildman–Crippen LogP) is 0.113. The summed E-state index contributed by atoms with van der Waals surface area (Å²) in [6.45, 7) is 0.191. The van der Waals surface area contributed by atoms with Gasteiger partial charge in [0, 0.05) is 17.3 Å². The van der Waals surface area contributed by atoms with E-state index in [-0.39, 0.29) is 35.2 Å². The number of rotatable bonds is 5. The molecule has 1 amide bonds. The van der Waals surface area contributed by atoms with E-state index < -0.39 is 0 Å². The molecule has 4 nitrogen and oxygen atoms in total. The van der Waals surface area contributed by atoms with Gasteiger partial charge >= 0.3 is 0 Å². The Morgan fingerprint density at radius 2 is 1.40 bits per heavy atom. The molecule has 0 bridgehead atoms. The fraction of sp³-hybridized carbons (Fsp3) is 0.0500. The summed E-state index contributed by atoms with van der Waals surface area (Å²) in [6.07, 6.45) is 3.46. The minimum absolute atomic E-state index is 0. The summed E-state index contributed by atoms with van der Waals surface area (Å²) in [5, 5.41) is 2.83. The molecule has 0 saturated heterocycles. The van der Waals surface area contributed by atoms with Gasteiger partial charge in [0.25, 0.3) is 5.91 Å². The first kappa shape index (κ1) is 18.5. The zero-order chi connectivity index (χ0) is 16.8. The summed E-state index contributed by atoms with van der Waals surface area (Å²) in [4.78, 5) is 24.6. The van der Waals surface area contributed by atoms with Crippen molar-refractivity contribution >= 4 is 17.4 Å². The second-order valence-corrected chi connectivity index (χ2v) is 5.37. The second kappa shape index (κ2) is 8.89. The van der Waals surface area contributed by atoms with Crippen molar-refractivity contribution in [3.63, 3.8) is 0 Å². The van der Waals surface area contributed by atoms with E-state index >= 15 is 0 Å². The van der Waals surface area contributed by atoms with Gasteiger partial charge in [-0.05, 0) is 18.2 Å². The Balaban J connectivity index is 0.00000225. The van der Waals surface area contributed by atoms with Crippen LogP contribution in [0.25, 0.3) is 0 Å². The van der Waals surface area contributed by atoms with E-state index in [2.05, 4.69) is 5.32 Å². The van der Waals surface area contributed by atoms with Gasteiger partial charge in [-0.2, -0.15) is 4.57 Å². The van der Waals surface area contributed by atoms with E-state index in [0.717, 1.165) is 5.69 Å². The zero-order valence-corrected chi connectivity index (χ0v) is 15.0. The summed E-state index contributed by atoms with van der Waals surface area (Å²) in [7, 11) is 0. The molecule has 1 N–H and O–H groups in total. The van der Waals surface area contributed by atoms with E-state index in [4.69, 9.17) is 0 Å². The van der Waals surface area contributed by atoms with Crippen LogP contribution in [-0.2, 0) is 6.54 Å². The lowest BCUT2D eigenvalue weighted by Crippen LogP contribution is -3.00. The molecule has 3 aromatic rings. The number of nitrogens with zero attached hydrogens (tertiary/aromatic N) is 1. The van der Waals surface area contributed by atoms with Crippen LogP contribution < -0.4 is 26.9 Å². The molecule has 0 aliphatic carbocycles. The SMILES string of the molecule is O=C(C[n+]1cccc(C(=O)Nc2ccccc2)c1)c1ccccc1.[Br-]. The fourth-order valence-corrected chi connectivity index (χ4v) is 2.36. The molecule has 0 atom stereocenters. The topological polar surface area (TPSA) is 50.0 Å². The molecule has 0 aliphatic heterocycles. The number of halogens is 1. The first-order chi connectivity index (χ1) is 11.7. The highest BCUT2D eigenvalue weighted by molar-refractivity contribution is 6.03. The lowest BCUT2D eigenvalue weighted by molar-refractivity contribution is -0.683. The van der Waals surface area contributed by atoms with Crippen LogP contribution in [0.15, 0.2) is 85.2 Å². The molecular weight excluding hydrogens is 380 g/mol. The Bertz CT molecular complexity index is 852. The molecule has 0 fully saturated rings. The number of nitrogens with one attached hydrogen (secondary N) is 1. The lowest BCUT2D eigenvalue weighted by atomic mass is 10.1. The van der Waals surface area contributed by atoms with Crippen molar-refractivity contribution in [3.8, 4) is 0 Å². The third kappa shape index (κ3) is 5.09. The molecule has 2 aromatic carbocycles. The van der Waals surface area contributed by atoms with E-state index in [0.29, 0.717) is 11.1 Å². The summed E-state index contributed by atoms with van der Waals surface area (Å²) in [5.41, 5.74) is 1.89. The molecule has 0 unspecified atom stereocenters. The molecule has 126 valence electrons. The van der Waals surface area contributed by atoms with Gasteiger partial charge in [-0.3, -0.25) is 9.59 Å². The number of hydrogen-bond acceptors (Lipinski definition) is 2. The van der Waals surface area contributed by atoms with Crippen LogP contribution in [0.3, 0.4) is 0 Å². The average molecular weight is 397 g/mol. The van der Waals surface area contributed by atoms with Gasteiger partial charge in [0.2, 0.25) is 12.3 Å². The Hall–Kier alpha value is -2.79. The predicted molar refractivity (Wildman–Crippen MR) is 91.8 cm³/mol. The summed E-state index contributed by atoms with van der Waals surface area (Å²) in [6, 6.07) is 21.9. The minimum atomic E-state index is -0.206. The normalized spacial score (nSPS) is 9.76. The van der Waals surface area contributed by atoms with Gasteiger partial charge in [-0.25, -0.2) is 0 Å². The van der Waals surface area contributed by atoms with Crippen LogP contribution in [0.5, 0.6) is 0 Å². The van der Waals surface area contributed by atoms with Crippen LogP contribution >= 0.6 is 0 Å². The van der Waals surface area contributed by atoms with Crippen LogP contribution in [0.2, 0.25) is 0 Å². The van der Waals surface area contributed by atoms with Crippen molar-refractivity contribution in [2.24, 2.45) is 0 Å². The van der Waals surface area contributed by atoms with Gasteiger partial charge in [0.15, 0.2) is 12.4 Å². The number of pyridine rings is 1. The van der Waals surface area contributed by atoms with Gasteiger partial charge in [0.1, 0.15) is 5.56 Å². The molecule has 0 radical (unpaired) electrons. The van der Waals surface area contributed by atoms with Gasteiger partial charge in [0.05, 0.1) is 0 Å². The van der Waals surface area contributed by atoms with E-state index in [1.54, 1.807) is 41.2 Å². The quantitative estimate of drug-likeness (QED) is 0.491. The van der Waals surface area contributed by atoms with Gasteiger partial charge in [-0.1, -0.05) is 48.5 Å². The lowest BCUT2D eigenvalue weighted by Gasteiger charge is -2.04. The van der Waals surface area contributed by atoms with Crippen LogP contribution in [0, 0.1) is 0 Å². The van der Waals surface area contributed by atoms with Crippen LogP contribution in [-0.4, -0.2) is 11.7 Å². The molecule has 0 spiro atoms. The average Bonchev–Trinajstić information content (AvgIpc) is 2.63. The summed E-state index contributed by atoms with van der Waals surface area (Å²) >= 11 is 0. The second-order valence-electron chi connectivity index (χ2n) is 5.37. The third-order valence-corrected chi connectivity index (χ3v) is 3.57. The highest BCUT2D eigenvalue weighted by atomic mass is 79.9. The van der Waals surface area contributed by atoms with Crippen molar-refractivity contribution in [2.75, 3.05) is 5.32 Å². The summed E-state index contributed by atoms with van der Waals surface area (Å²) in [5.74, 6) is -0.205. The maximum absolute atomic E-state index is 12.3. The number of benzene rings is 2. The highest BCUT2D eigenvalue weighted by Gasteiger charge is 2.15. The standard InChI is InChI=1S/C20H16N2O2.BrH/c23-19(16-8-3-1-4-9-16)15-22-13-7-10-17(14-22)20(24)21-18-11-5-2-6-12-18;/h1-14H,15H2;1H. The maximum atomic E-state index is 12.3. The van der Waals surface area contributed by atoms with E-state index in [9.17, 15) is 9.59 Å². The number of amides is 1. The van der Waals surface area contributed by atoms with Crippen molar-refractivity contribution in [1.29, 1.82) is 0 Å². The monoisotopic (exact) mass is 396 g/mol.